The molecule has 9 heteroatoms. The first kappa shape index (κ1) is 22.8. The zero-order valence-corrected chi connectivity index (χ0v) is 19.9. The number of nitrogens with zero attached hydrogens (tertiary/aromatic N) is 2. The summed E-state index contributed by atoms with van der Waals surface area (Å²) in [6.45, 7) is 6.38. The molecular weight excluding hydrogens is 448 g/mol. The smallest absolute Gasteiger partial charge is 0.253 e. The van der Waals surface area contributed by atoms with Crippen LogP contribution < -0.4 is 4.72 Å². The number of hydrogen-bond acceptors (Lipinski definition) is 4. The van der Waals surface area contributed by atoms with Crippen LogP contribution in [-0.4, -0.2) is 47.8 Å². The Morgan fingerprint density at radius 1 is 1.22 bits per heavy atom. The van der Waals surface area contributed by atoms with Gasteiger partial charge in [-0.1, -0.05) is 23.7 Å². The van der Waals surface area contributed by atoms with Crippen LogP contribution in [0.15, 0.2) is 47.4 Å². The molecule has 1 aliphatic heterocycles. The first-order chi connectivity index (χ1) is 15.0. The summed E-state index contributed by atoms with van der Waals surface area (Å²) in [5.41, 5.74) is 1.51. The van der Waals surface area contributed by atoms with Crippen molar-refractivity contribution in [3.63, 3.8) is 0 Å². The zero-order valence-electron chi connectivity index (χ0n) is 18.4. The molecule has 1 saturated heterocycles. The quantitative estimate of drug-likeness (QED) is 0.588. The molecule has 0 spiro atoms. The normalized spacial score (nSPS) is 17.6. The van der Waals surface area contributed by atoms with E-state index in [0.29, 0.717) is 18.7 Å². The number of rotatable bonds is 4. The van der Waals surface area contributed by atoms with E-state index in [1.807, 2.05) is 24.3 Å². The molecule has 1 atom stereocenters. The van der Waals surface area contributed by atoms with Gasteiger partial charge in [0.05, 0.1) is 16.1 Å². The predicted molar refractivity (Wildman–Crippen MR) is 125 cm³/mol. The third kappa shape index (κ3) is 4.82. The van der Waals surface area contributed by atoms with Crippen molar-refractivity contribution >= 4 is 38.6 Å². The Hall–Kier alpha value is -2.42. The maximum absolute atomic E-state index is 13.3. The van der Waals surface area contributed by atoms with Gasteiger partial charge < -0.3 is 9.88 Å². The Morgan fingerprint density at radius 2 is 1.97 bits per heavy atom. The second-order valence-electron chi connectivity index (χ2n) is 9.23. The third-order valence-corrected chi connectivity index (χ3v) is 7.65. The van der Waals surface area contributed by atoms with E-state index < -0.39 is 15.6 Å². The lowest BCUT2D eigenvalue weighted by Gasteiger charge is -2.32. The molecule has 0 aliphatic carbocycles. The SMILES string of the molecule is CC(C)(C)NS(=O)(=O)c1cc(C(=O)N2CCCC(c3nc4ccccc4[nH]3)C2)ccc1Cl. The van der Waals surface area contributed by atoms with Crippen LogP contribution in [0, 0.1) is 0 Å². The van der Waals surface area contributed by atoms with Crippen molar-refractivity contribution in [3.05, 3.63) is 58.9 Å². The standard InChI is InChI=1S/C23H27ClN4O3S/c1-23(2,3)27-32(30,31)20-13-15(10-11-17(20)24)22(29)28-12-6-7-16(14-28)21-25-18-8-4-5-9-19(18)26-21/h4-5,8-11,13,16,27H,6-7,12,14H2,1-3H3,(H,25,26). The molecule has 3 aromatic rings. The summed E-state index contributed by atoms with van der Waals surface area (Å²) in [4.78, 5) is 23.0. The zero-order chi connectivity index (χ0) is 23.1. The molecule has 0 saturated carbocycles. The number of fused-ring (bicyclic) bond motifs is 1. The van der Waals surface area contributed by atoms with E-state index >= 15 is 0 Å². The maximum Gasteiger partial charge on any atom is 0.253 e. The minimum Gasteiger partial charge on any atom is -0.342 e. The first-order valence-electron chi connectivity index (χ1n) is 10.6. The number of carbonyl (C=O) groups excluding carboxylic acids is 1. The van der Waals surface area contributed by atoms with E-state index in [9.17, 15) is 13.2 Å². The molecule has 2 heterocycles. The average Bonchev–Trinajstić information content (AvgIpc) is 3.16. The van der Waals surface area contributed by atoms with Crippen molar-refractivity contribution in [2.75, 3.05) is 13.1 Å². The number of para-hydroxylation sites is 2. The van der Waals surface area contributed by atoms with Gasteiger partial charge in [-0.15, -0.1) is 0 Å². The molecular formula is C23H27ClN4O3S. The van der Waals surface area contributed by atoms with Gasteiger partial charge in [0.2, 0.25) is 10.0 Å². The number of sulfonamides is 1. The fraction of sp³-hybridized carbons (Fsp3) is 0.391. The molecule has 1 aromatic heterocycles. The molecule has 7 nitrogen and oxygen atoms in total. The number of aromatic amines is 1. The Kier molecular flexibility index (Phi) is 6.04. The van der Waals surface area contributed by atoms with Crippen molar-refractivity contribution in [3.8, 4) is 0 Å². The average molecular weight is 475 g/mol. The predicted octanol–water partition coefficient (Wildman–Crippen LogP) is 4.31. The second kappa shape index (κ2) is 8.50. The molecule has 1 aliphatic rings. The molecule has 0 bridgehead atoms. The monoisotopic (exact) mass is 474 g/mol. The second-order valence-corrected chi connectivity index (χ2v) is 11.3. The van der Waals surface area contributed by atoms with Crippen molar-refractivity contribution in [2.45, 2.75) is 50.0 Å². The van der Waals surface area contributed by atoms with Crippen LogP contribution in [0.25, 0.3) is 11.0 Å². The summed E-state index contributed by atoms with van der Waals surface area (Å²) in [7, 11) is -3.87. The van der Waals surface area contributed by atoms with Crippen LogP contribution in [-0.2, 0) is 10.0 Å². The molecule has 32 heavy (non-hydrogen) atoms. The molecule has 4 rings (SSSR count). The largest absolute Gasteiger partial charge is 0.342 e. The van der Waals surface area contributed by atoms with Gasteiger partial charge in [-0.05, 0) is 63.9 Å². The van der Waals surface area contributed by atoms with Crippen LogP contribution >= 0.6 is 11.6 Å². The van der Waals surface area contributed by atoms with Gasteiger partial charge in [0.25, 0.3) is 5.91 Å². The minimum absolute atomic E-state index is 0.0806. The van der Waals surface area contributed by atoms with Crippen molar-refractivity contribution < 1.29 is 13.2 Å². The van der Waals surface area contributed by atoms with Gasteiger partial charge >= 0.3 is 0 Å². The lowest BCUT2D eigenvalue weighted by molar-refractivity contribution is 0.0704. The highest BCUT2D eigenvalue weighted by Gasteiger charge is 2.29. The van der Waals surface area contributed by atoms with Gasteiger partial charge in [-0.2, -0.15) is 0 Å². The molecule has 170 valence electrons. The number of H-pyrrole nitrogens is 1. The Labute approximate surface area is 193 Å². The van der Waals surface area contributed by atoms with Gasteiger partial charge in [-0.25, -0.2) is 18.1 Å². The molecule has 1 fully saturated rings. The third-order valence-electron chi connectivity index (χ3n) is 5.41. The first-order valence-corrected chi connectivity index (χ1v) is 12.5. The van der Waals surface area contributed by atoms with Crippen LogP contribution in [0.1, 0.15) is 55.7 Å². The molecule has 0 radical (unpaired) electrons. The van der Waals surface area contributed by atoms with Gasteiger partial charge in [0.15, 0.2) is 0 Å². The van der Waals surface area contributed by atoms with Crippen molar-refractivity contribution in [1.82, 2.24) is 19.6 Å². The summed E-state index contributed by atoms with van der Waals surface area (Å²) >= 11 is 6.19. The highest BCUT2D eigenvalue weighted by atomic mass is 35.5. The number of nitrogens with one attached hydrogen (secondary N) is 2. The summed E-state index contributed by atoms with van der Waals surface area (Å²) in [6, 6.07) is 12.3. The van der Waals surface area contributed by atoms with Gasteiger partial charge in [0.1, 0.15) is 10.7 Å². The van der Waals surface area contributed by atoms with E-state index in [4.69, 9.17) is 16.6 Å². The molecule has 1 unspecified atom stereocenters. The number of piperidine rings is 1. The van der Waals surface area contributed by atoms with Crippen LogP contribution in [0.3, 0.4) is 0 Å². The molecule has 1 amide bonds. The summed E-state index contributed by atoms with van der Waals surface area (Å²) in [5.74, 6) is 0.755. The number of carbonyl (C=O) groups is 1. The van der Waals surface area contributed by atoms with Crippen LogP contribution in [0.5, 0.6) is 0 Å². The number of imidazole rings is 1. The fourth-order valence-corrected chi connectivity index (χ4v) is 5.98. The van der Waals surface area contributed by atoms with E-state index in [2.05, 4.69) is 9.71 Å². The number of halogens is 1. The number of hydrogen-bond donors (Lipinski definition) is 2. The summed E-state index contributed by atoms with van der Waals surface area (Å²) in [5, 5.41) is 0.0806. The van der Waals surface area contributed by atoms with Gasteiger partial charge in [-0.3, -0.25) is 4.79 Å². The highest BCUT2D eigenvalue weighted by molar-refractivity contribution is 7.89. The van der Waals surface area contributed by atoms with Crippen molar-refractivity contribution in [2.24, 2.45) is 0 Å². The molecule has 2 aromatic carbocycles. The fourth-order valence-electron chi connectivity index (χ4n) is 4.03. The number of likely N-dealkylation sites (tertiary alicyclic amines) is 1. The Bertz CT molecular complexity index is 1230. The van der Waals surface area contributed by atoms with E-state index in [-0.39, 0.29) is 21.7 Å². The van der Waals surface area contributed by atoms with E-state index in [0.717, 1.165) is 29.7 Å². The lowest BCUT2D eigenvalue weighted by atomic mass is 9.96. The lowest BCUT2D eigenvalue weighted by Crippen LogP contribution is -2.41. The Morgan fingerprint density at radius 3 is 2.69 bits per heavy atom. The van der Waals surface area contributed by atoms with Crippen molar-refractivity contribution in [1.29, 1.82) is 0 Å². The topological polar surface area (TPSA) is 95.2 Å². The summed E-state index contributed by atoms with van der Waals surface area (Å²) in [6.07, 6.45) is 1.77. The minimum atomic E-state index is -3.87. The highest BCUT2D eigenvalue weighted by Crippen LogP contribution is 2.29. The van der Waals surface area contributed by atoms with Crippen LogP contribution in [0.4, 0.5) is 0 Å². The summed E-state index contributed by atoms with van der Waals surface area (Å²) < 4.78 is 28.2. The van der Waals surface area contributed by atoms with E-state index in [1.165, 1.54) is 12.1 Å². The number of benzene rings is 2. The maximum atomic E-state index is 13.3. The van der Waals surface area contributed by atoms with E-state index in [1.54, 1.807) is 31.7 Å². The van der Waals surface area contributed by atoms with Crippen LogP contribution in [0.2, 0.25) is 5.02 Å². The number of aromatic nitrogens is 2. The molecule has 2 N–H and O–H groups in total. The Balaban J connectivity index is 1.57. The number of amides is 1. The van der Waals surface area contributed by atoms with Gasteiger partial charge in [0, 0.05) is 30.1 Å².